The molecule has 0 atom stereocenters. The average molecular weight is 246 g/mol. The van der Waals surface area contributed by atoms with Crippen molar-refractivity contribution in [2.24, 2.45) is 5.92 Å². The summed E-state index contributed by atoms with van der Waals surface area (Å²) in [4.78, 5) is 40.1. The minimum atomic E-state index is -1.33. The molecule has 6 nitrogen and oxygen atoms in total. The molecule has 0 aromatic rings. The van der Waals surface area contributed by atoms with Gasteiger partial charge in [0.25, 0.3) is 0 Å². The van der Waals surface area contributed by atoms with Gasteiger partial charge in [0.05, 0.1) is 0 Å². The number of ketones is 2. The molecule has 0 spiro atoms. The summed E-state index contributed by atoms with van der Waals surface area (Å²) in [6.07, 6.45) is 0.885. The topological polar surface area (TPSA) is 109 Å². The van der Waals surface area contributed by atoms with E-state index in [0.29, 0.717) is 6.42 Å². The molecule has 2 N–H and O–H groups in total. The normalized spacial score (nSPS) is 9.18. The average Bonchev–Trinajstić information content (AvgIpc) is 2.17. The van der Waals surface area contributed by atoms with Crippen molar-refractivity contribution in [3.05, 3.63) is 0 Å². The maximum atomic E-state index is 10.4. The second-order valence-electron chi connectivity index (χ2n) is 3.80. The molecule has 0 saturated heterocycles. The lowest BCUT2D eigenvalue weighted by atomic mass is 10.1. The van der Waals surface area contributed by atoms with Crippen LogP contribution >= 0.6 is 0 Å². The number of carbonyl (C=O) groups is 4. The minimum absolute atomic E-state index is 0.133. The summed E-state index contributed by atoms with van der Waals surface area (Å²) in [6, 6.07) is 0. The second-order valence-corrected chi connectivity index (χ2v) is 3.80. The standard InChI is InChI=1S/C6H10O3.C5H8O3/c1-4(2)3-5(7)6(8)9;1-2-3-4(6)5(7)8/h4H,3H2,1-2H3,(H,8,9);2-3H2,1H3,(H,7,8). The molecule has 0 heterocycles. The molecule has 0 aromatic carbocycles. The lowest BCUT2D eigenvalue weighted by Gasteiger charge is -1.97. The molecule has 6 heteroatoms. The summed E-state index contributed by atoms with van der Waals surface area (Å²) in [5.74, 6) is -3.93. The number of carboxylic acids is 2. The van der Waals surface area contributed by atoms with E-state index in [1.165, 1.54) is 0 Å². The van der Waals surface area contributed by atoms with Crippen molar-refractivity contribution in [2.75, 3.05) is 0 Å². The molecule has 17 heavy (non-hydrogen) atoms. The van der Waals surface area contributed by atoms with E-state index < -0.39 is 23.5 Å². The van der Waals surface area contributed by atoms with Gasteiger partial charge in [-0.05, 0) is 12.3 Å². The van der Waals surface area contributed by atoms with E-state index in [4.69, 9.17) is 10.2 Å². The lowest BCUT2D eigenvalue weighted by molar-refractivity contribution is -0.149. The van der Waals surface area contributed by atoms with Crippen LogP contribution in [0.2, 0.25) is 0 Å². The Kier molecular flexibility index (Phi) is 9.88. The van der Waals surface area contributed by atoms with Crippen LogP contribution < -0.4 is 0 Å². The number of aliphatic carboxylic acids is 2. The van der Waals surface area contributed by atoms with Crippen molar-refractivity contribution in [2.45, 2.75) is 40.0 Å². The third kappa shape index (κ3) is 12.2. The molecule has 0 aliphatic carbocycles. The summed E-state index contributed by atoms with van der Waals surface area (Å²) in [5.41, 5.74) is 0. The SMILES string of the molecule is CC(C)CC(=O)C(=O)O.CCCC(=O)C(=O)O. The first-order chi connectivity index (χ1) is 7.72. The quantitative estimate of drug-likeness (QED) is 0.680. The van der Waals surface area contributed by atoms with Gasteiger partial charge >= 0.3 is 11.9 Å². The van der Waals surface area contributed by atoms with Crippen molar-refractivity contribution in [1.82, 2.24) is 0 Å². The molecule has 0 saturated carbocycles. The van der Waals surface area contributed by atoms with Gasteiger partial charge in [0.15, 0.2) is 0 Å². The Morgan fingerprint density at radius 3 is 1.47 bits per heavy atom. The summed E-state index contributed by atoms with van der Waals surface area (Å²) in [7, 11) is 0. The fourth-order valence-electron chi connectivity index (χ4n) is 0.792. The Morgan fingerprint density at radius 2 is 1.35 bits per heavy atom. The van der Waals surface area contributed by atoms with Gasteiger partial charge in [-0.1, -0.05) is 20.8 Å². The van der Waals surface area contributed by atoms with E-state index in [9.17, 15) is 19.2 Å². The molecule has 0 rings (SSSR count). The number of Topliss-reactive ketones (excluding diaryl/α,β-unsaturated/α-hetero) is 2. The van der Waals surface area contributed by atoms with E-state index in [1.54, 1.807) is 20.8 Å². The summed E-state index contributed by atoms with van der Waals surface area (Å²) >= 11 is 0. The van der Waals surface area contributed by atoms with Gasteiger partial charge in [0.1, 0.15) is 0 Å². The number of rotatable bonds is 6. The molecular weight excluding hydrogens is 228 g/mol. The predicted octanol–water partition coefficient (Wildman–Crippen LogP) is 1.13. The van der Waals surface area contributed by atoms with Crippen LogP contribution in [0.5, 0.6) is 0 Å². The largest absolute Gasteiger partial charge is 0.476 e. The highest BCUT2D eigenvalue weighted by Gasteiger charge is 2.11. The van der Waals surface area contributed by atoms with Crippen LogP contribution in [0, 0.1) is 5.92 Å². The minimum Gasteiger partial charge on any atom is -0.476 e. The molecular formula is C11H18O6. The van der Waals surface area contributed by atoms with Crippen LogP contribution in [0.3, 0.4) is 0 Å². The molecule has 0 fully saturated rings. The van der Waals surface area contributed by atoms with Gasteiger partial charge in [-0.25, -0.2) is 9.59 Å². The van der Waals surface area contributed by atoms with Crippen LogP contribution in [0.15, 0.2) is 0 Å². The van der Waals surface area contributed by atoms with E-state index in [0.717, 1.165) is 0 Å². The zero-order valence-electron chi connectivity index (χ0n) is 10.2. The maximum absolute atomic E-state index is 10.4. The summed E-state index contributed by atoms with van der Waals surface area (Å²) in [5, 5.41) is 16.0. The second kappa shape index (κ2) is 9.50. The van der Waals surface area contributed by atoms with Crippen molar-refractivity contribution in [3.8, 4) is 0 Å². The fraction of sp³-hybridized carbons (Fsp3) is 0.636. The van der Waals surface area contributed by atoms with Crippen molar-refractivity contribution >= 4 is 23.5 Å². The Balaban J connectivity index is 0. The predicted molar refractivity (Wildman–Crippen MR) is 59.6 cm³/mol. The Labute approximate surface area is 99.6 Å². The number of carboxylic acid groups (broad SMARTS) is 2. The van der Waals surface area contributed by atoms with Gasteiger partial charge in [-0.2, -0.15) is 0 Å². The third-order valence-corrected chi connectivity index (χ3v) is 1.55. The number of carbonyl (C=O) groups excluding carboxylic acids is 2. The highest BCUT2D eigenvalue weighted by atomic mass is 16.4. The smallest absolute Gasteiger partial charge is 0.372 e. The summed E-state index contributed by atoms with van der Waals surface area (Å²) in [6.45, 7) is 5.38. The zero-order chi connectivity index (χ0) is 14.0. The first kappa shape index (κ1) is 17.7. The number of hydrogen-bond donors (Lipinski definition) is 2. The monoisotopic (exact) mass is 246 g/mol. The zero-order valence-corrected chi connectivity index (χ0v) is 10.2. The van der Waals surface area contributed by atoms with Crippen molar-refractivity contribution in [1.29, 1.82) is 0 Å². The molecule has 0 aliphatic heterocycles. The molecule has 0 amide bonds. The molecule has 0 aliphatic rings. The van der Waals surface area contributed by atoms with E-state index in [-0.39, 0.29) is 18.8 Å². The van der Waals surface area contributed by atoms with Gasteiger partial charge < -0.3 is 10.2 Å². The van der Waals surface area contributed by atoms with Crippen LogP contribution in [-0.2, 0) is 19.2 Å². The Bertz CT molecular complexity index is 292. The van der Waals surface area contributed by atoms with Crippen LogP contribution in [0.25, 0.3) is 0 Å². The Morgan fingerprint density at radius 1 is 0.941 bits per heavy atom. The van der Waals surface area contributed by atoms with Crippen molar-refractivity contribution in [3.63, 3.8) is 0 Å². The molecule has 0 aromatic heterocycles. The van der Waals surface area contributed by atoms with Crippen molar-refractivity contribution < 1.29 is 29.4 Å². The molecule has 0 bridgehead atoms. The first-order valence-corrected chi connectivity index (χ1v) is 5.24. The van der Waals surface area contributed by atoms with E-state index in [2.05, 4.69) is 0 Å². The fourth-order valence-corrected chi connectivity index (χ4v) is 0.792. The van der Waals surface area contributed by atoms with Gasteiger partial charge in [0.2, 0.25) is 11.6 Å². The highest BCUT2D eigenvalue weighted by Crippen LogP contribution is 1.99. The Hall–Kier alpha value is -1.72. The molecule has 0 unspecified atom stereocenters. The summed E-state index contributed by atoms with van der Waals surface area (Å²) < 4.78 is 0. The molecule has 0 radical (unpaired) electrons. The van der Waals surface area contributed by atoms with Crippen LogP contribution in [0.4, 0.5) is 0 Å². The van der Waals surface area contributed by atoms with E-state index >= 15 is 0 Å². The van der Waals surface area contributed by atoms with E-state index in [1.807, 2.05) is 0 Å². The van der Waals surface area contributed by atoms with Gasteiger partial charge in [0, 0.05) is 12.8 Å². The first-order valence-electron chi connectivity index (χ1n) is 5.24. The van der Waals surface area contributed by atoms with Crippen LogP contribution in [-0.4, -0.2) is 33.7 Å². The van der Waals surface area contributed by atoms with Gasteiger partial charge in [-0.3, -0.25) is 9.59 Å². The maximum Gasteiger partial charge on any atom is 0.372 e. The highest BCUT2D eigenvalue weighted by molar-refractivity contribution is 6.32. The lowest BCUT2D eigenvalue weighted by Crippen LogP contribution is -2.14. The van der Waals surface area contributed by atoms with Gasteiger partial charge in [-0.15, -0.1) is 0 Å². The third-order valence-electron chi connectivity index (χ3n) is 1.55. The number of hydrogen-bond acceptors (Lipinski definition) is 4. The van der Waals surface area contributed by atoms with Crippen LogP contribution in [0.1, 0.15) is 40.0 Å². The molecule has 98 valence electrons.